The first-order valence-electron chi connectivity index (χ1n) is 6.35. The van der Waals surface area contributed by atoms with Gasteiger partial charge >= 0.3 is 0 Å². The normalized spacial score (nSPS) is 9.70. The monoisotopic (exact) mass is 270 g/mol. The van der Waals surface area contributed by atoms with Crippen molar-refractivity contribution in [2.45, 2.75) is 13.0 Å². The number of hydrogen-bond donors (Lipinski definition) is 1. The van der Waals surface area contributed by atoms with Crippen LogP contribution in [0.2, 0.25) is 0 Å². The molecule has 3 heteroatoms. The number of hydrogen-bond acceptors (Lipinski definition) is 2. The lowest BCUT2D eigenvalue weighted by atomic mass is 10.1. The molecule has 0 aliphatic rings. The Balaban J connectivity index is 1.95. The zero-order valence-electron chi connectivity index (χ0n) is 11.0. The SMILES string of the molecule is OCCC#Cc1ccc(COc2ccccc2F)cc1. The van der Waals surface area contributed by atoms with Crippen molar-refractivity contribution in [3.63, 3.8) is 0 Å². The summed E-state index contributed by atoms with van der Waals surface area (Å²) >= 11 is 0. The molecule has 0 heterocycles. The molecule has 0 atom stereocenters. The lowest BCUT2D eigenvalue weighted by Crippen LogP contribution is -1.97. The Hall–Kier alpha value is -2.31. The molecular weight excluding hydrogens is 255 g/mol. The van der Waals surface area contributed by atoms with Crippen LogP contribution in [0.25, 0.3) is 0 Å². The summed E-state index contributed by atoms with van der Waals surface area (Å²) in [5.74, 6) is 5.69. The molecule has 0 amide bonds. The highest BCUT2D eigenvalue weighted by molar-refractivity contribution is 5.36. The Bertz CT molecular complexity index is 609. The van der Waals surface area contributed by atoms with Gasteiger partial charge in [0.1, 0.15) is 6.61 Å². The Kier molecular flexibility index (Phi) is 5.16. The van der Waals surface area contributed by atoms with Crippen molar-refractivity contribution < 1.29 is 14.2 Å². The number of rotatable bonds is 4. The minimum atomic E-state index is -0.362. The summed E-state index contributed by atoms with van der Waals surface area (Å²) in [7, 11) is 0. The lowest BCUT2D eigenvalue weighted by Gasteiger charge is -2.07. The van der Waals surface area contributed by atoms with E-state index in [4.69, 9.17) is 9.84 Å². The molecule has 2 nitrogen and oxygen atoms in total. The van der Waals surface area contributed by atoms with E-state index >= 15 is 0 Å². The molecule has 0 bridgehead atoms. The van der Waals surface area contributed by atoms with E-state index in [0.29, 0.717) is 13.0 Å². The van der Waals surface area contributed by atoms with Gasteiger partial charge in [-0.15, -0.1) is 0 Å². The van der Waals surface area contributed by atoms with Crippen molar-refractivity contribution in [3.05, 3.63) is 65.5 Å². The second-order valence-electron chi connectivity index (χ2n) is 4.19. The van der Waals surface area contributed by atoms with Crippen LogP contribution in [0.15, 0.2) is 48.5 Å². The van der Waals surface area contributed by atoms with Gasteiger partial charge in [0.2, 0.25) is 0 Å². The zero-order chi connectivity index (χ0) is 14.2. The van der Waals surface area contributed by atoms with Crippen molar-refractivity contribution in [3.8, 4) is 17.6 Å². The molecule has 0 radical (unpaired) electrons. The van der Waals surface area contributed by atoms with E-state index in [-0.39, 0.29) is 18.2 Å². The van der Waals surface area contributed by atoms with Crippen molar-refractivity contribution >= 4 is 0 Å². The largest absolute Gasteiger partial charge is 0.486 e. The molecule has 2 aromatic carbocycles. The van der Waals surface area contributed by atoms with Crippen LogP contribution < -0.4 is 4.74 Å². The van der Waals surface area contributed by atoms with Crippen LogP contribution in [0, 0.1) is 17.7 Å². The van der Waals surface area contributed by atoms with Gasteiger partial charge in [-0.1, -0.05) is 36.1 Å². The van der Waals surface area contributed by atoms with Crippen LogP contribution in [-0.2, 0) is 6.61 Å². The van der Waals surface area contributed by atoms with E-state index in [1.54, 1.807) is 18.2 Å². The van der Waals surface area contributed by atoms with Crippen LogP contribution in [0.5, 0.6) is 5.75 Å². The Labute approximate surface area is 117 Å². The highest BCUT2D eigenvalue weighted by atomic mass is 19.1. The zero-order valence-corrected chi connectivity index (χ0v) is 11.0. The maximum atomic E-state index is 13.4. The predicted molar refractivity (Wildman–Crippen MR) is 75.8 cm³/mol. The topological polar surface area (TPSA) is 29.5 Å². The average Bonchev–Trinajstić information content (AvgIpc) is 2.48. The molecule has 0 unspecified atom stereocenters. The van der Waals surface area contributed by atoms with Crippen molar-refractivity contribution in [1.29, 1.82) is 0 Å². The average molecular weight is 270 g/mol. The van der Waals surface area contributed by atoms with Gasteiger partial charge in [0.25, 0.3) is 0 Å². The van der Waals surface area contributed by atoms with E-state index in [2.05, 4.69) is 11.8 Å². The number of halogens is 1. The van der Waals surface area contributed by atoms with Crippen molar-refractivity contribution in [1.82, 2.24) is 0 Å². The Morgan fingerprint density at radius 2 is 1.80 bits per heavy atom. The number of benzene rings is 2. The van der Waals surface area contributed by atoms with Crippen LogP contribution in [0.4, 0.5) is 4.39 Å². The molecule has 0 saturated heterocycles. The maximum absolute atomic E-state index is 13.4. The number of aliphatic hydroxyl groups is 1. The number of aliphatic hydroxyl groups excluding tert-OH is 1. The van der Waals surface area contributed by atoms with E-state index in [1.165, 1.54) is 6.07 Å². The Morgan fingerprint density at radius 3 is 2.50 bits per heavy atom. The summed E-state index contributed by atoms with van der Waals surface area (Å²) in [5.41, 5.74) is 1.83. The molecular formula is C17H15FO2. The molecule has 2 aromatic rings. The van der Waals surface area contributed by atoms with Crippen LogP contribution in [-0.4, -0.2) is 11.7 Å². The van der Waals surface area contributed by atoms with Crippen LogP contribution >= 0.6 is 0 Å². The van der Waals surface area contributed by atoms with Gasteiger partial charge in [0.15, 0.2) is 11.6 Å². The van der Waals surface area contributed by atoms with E-state index in [0.717, 1.165) is 11.1 Å². The molecule has 102 valence electrons. The second-order valence-corrected chi connectivity index (χ2v) is 4.19. The number of para-hydroxylation sites is 1. The predicted octanol–water partition coefficient (Wildman–Crippen LogP) is 3.14. The fourth-order valence-corrected chi connectivity index (χ4v) is 1.63. The minimum absolute atomic E-state index is 0.0710. The molecule has 0 spiro atoms. The quantitative estimate of drug-likeness (QED) is 0.865. The fraction of sp³-hybridized carbons (Fsp3) is 0.176. The molecule has 20 heavy (non-hydrogen) atoms. The third-order valence-corrected chi connectivity index (χ3v) is 2.65. The van der Waals surface area contributed by atoms with Gasteiger partial charge < -0.3 is 9.84 Å². The summed E-state index contributed by atoms with van der Waals surface area (Å²) < 4.78 is 18.8. The standard InChI is InChI=1S/C17H15FO2/c18-16-6-1-2-7-17(16)20-13-15-10-8-14(9-11-15)5-3-4-12-19/h1-2,6-11,19H,4,12-13H2. The minimum Gasteiger partial charge on any atom is -0.486 e. The smallest absolute Gasteiger partial charge is 0.165 e. The molecule has 0 saturated carbocycles. The van der Waals surface area contributed by atoms with Gasteiger partial charge in [0.05, 0.1) is 6.61 Å². The molecule has 2 rings (SSSR count). The van der Waals surface area contributed by atoms with E-state index in [9.17, 15) is 4.39 Å². The van der Waals surface area contributed by atoms with E-state index in [1.807, 2.05) is 24.3 Å². The highest BCUT2D eigenvalue weighted by Gasteiger charge is 2.01. The number of ether oxygens (including phenoxy) is 1. The highest BCUT2D eigenvalue weighted by Crippen LogP contribution is 2.17. The summed E-state index contributed by atoms with van der Waals surface area (Å²) in [6, 6.07) is 13.9. The van der Waals surface area contributed by atoms with Gasteiger partial charge in [-0.2, -0.15) is 0 Å². The third-order valence-electron chi connectivity index (χ3n) is 2.65. The van der Waals surface area contributed by atoms with Crippen molar-refractivity contribution in [2.75, 3.05) is 6.61 Å². The molecule has 0 fully saturated rings. The second kappa shape index (κ2) is 7.32. The lowest BCUT2D eigenvalue weighted by molar-refractivity contribution is 0.290. The third kappa shape index (κ3) is 4.11. The fourth-order valence-electron chi connectivity index (χ4n) is 1.63. The van der Waals surface area contributed by atoms with Gasteiger partial charge in [-0.05, 0) is 29.8 Å². The van der Waals surface area contributed by atoms with Gasteiger partial charge in [-0.3, -0.25) is 0 Å². The molecule has 0 aliphatic heterocycles. The van der Waals surface area contributed by atoms with E-state index < -0.39 is 0 Å². The summed E-state index contributed by atoms with van der Waals surface area (Å²) in [6.07, 6.45) is 0.470. The maximum Gasteiger partial charge on any atom is 0.165 e. The first-order chi connectivity index (χ1) is 9.79. The molecule has 0 aromatic heterocycles. The summed E-state index contributed by atoms with van der Waals surface area (Å²) in [6.45, 7) is 0.382. The summed E-state index contributed by atoms with van der Waals surface area (Å²) in [5, 5.41) is 8.64. The van der Waals surface area contributed by atoms with Crippen LogP contribution in [0.3, 0.4) is 0 Å². The van der Waals surface area contributed by atoms with Gasteiger partial charge in [0, 0.05) is 12.0 Å². The molecule has 1 N–H and O–H groups in total. The summed E-state index contributed by atoms with van der Waals surface area (Å²) in [4.78, 5) is 0. The van der Waals surface area contributed by atoms with Gasteiger partial charge in [-0.25, -0.2) is 4.39 Å². The first kappa shape index (κ1) is 14.1. The molecule has 0 aliphatic carbocycles. The van der Waals surface area contributed by atoms with Crippen molar-refractivity contribution in [2.24, 2.45) is 0 Å². The van der Waals surface area contributed by atoms with Crippen LogP contribution in [0.1, 0.15) is 17.5 Å². The Morgan fingerprint density at radius 1 is 1.05 bits per heavy atom. The first-order valence-corrected chi connectivity index (χ1v) is 6.35.